The Morgan fingerprint density at radius 3 is 2.68 bits per heavy atom. The van der Waals surface area contributed by atoms with E-state index in [1.807, 2.05) is 36.4 Å². The zero-order chi connectivity index (χ0) is 13.1. The molecule has 2 aromatic rings. The van der Waals surface area contributed by atoms with Crippen LogP contribution < -0.4 is 10.1 Å². The maximum atomic E-state index is 5.79. The summed E-state index contributed by atoms with van der Waals surface area (Å²) in [7, 11) is 0. The number of aromatic nitrogens is 2. The van der Waals surface area contributed by atoms with Gasteiger partial charge in [0.05, 0.1) is 0 Å². The zero-order valence-corrected chi connectivity index (χ0v) is 11.0. The average molecular weight is 255 g/mol. The molecule has 0 bridgehead atoms. The Bertz CT molecular complexity index is 553. The van der Waals surface area contributed by atoms with Crippen LogP contribution in [-0.4, -0.2) is 16.5 Å². The second-order valence-electron chi connectivity index (χ2n) is 4.67. The van der Waals surface area contributed by atoms with E-state index in [0.717, 1.165) is 23.9 Å². The van der Waals surface area contributed by atoms with Gasteiger partial charge in [-0.15, -0.1) is 0 Å². The Morgan fingerprint density at radius 1 is 1.21 bits per heavy atom. The van der Waals surface area contributed by atoms with Gasteiger partial charge in [0.2, 0.25) is 5.88 Å². The number of anilines is 1. The van der Waals surface area contributed by atoms with Crippen LogP contribution >= 0.6 is 0 Å². The van der Waals surface area contributed by atoms with Crippen molar-refractivity contribution < 1.29 is 4.74 Å². The minimum Gasteiger partial charge on any atom is -0.439 e. The van der Waals surface area contributed by atoms with Gasteiger partial charge in [-0.05, 0) is 31.9 Å². The highest BCUT2D eigenvalue weighted by atomic mass is 16.5. The predicted octanol–water partition coefficient (Wildman–Crippen LogP) is 3.58. The van der Waals surface area contributed by atoms with Gasteiger partial charge >= 0.3 is 0 Å². The summed E-state index contributed by atoms with van der Waals surface area (Å²) in [5.41, 5.74) is 0. The van der Waals surface area contributed by atoms with Gasteiger partial charge in [-0.3, -0.25) is 0 Å². The van der Waals surface area contributed by atoms with E-state index in [1.165, 1.54) is 12.8 Å². The summed E-state index contributed by atoms with van der Waals surface area (Å²) < 4.78 is 5.79. The molecule has 0 unspecified atom stereocenters. The zero-order valence-electron chi connectivity index (χ0n) is 11.0. The molecule has 1 N–H and O–H groups in total. The Hall–Kier alpha value is -2.10. The molecule has 1 aliphatic rings. The van der Waals surface area contributed by atoms with Crippen molar-refractivity contribution in [3.05, 3.63) is 42.2 Å². The van der Waals surface area contributed by atoms with Crippen molar-refractivity contribution in [3.8, 4) is 11.6 Å². The van der Waals surface area contributed by atoms with Crippen molar-refractivity contribution in [2.45, 2.75) is 25.7 Å². The number of hydrogen-bond donors (Lipinski definition) is 1. The first kappa shape index (κ1) is 12.0. The normalized spacial score (nSPS) is 14.2. The third kappa shape index (κ3) is 3.02. The van der Waals surface area contributed by atoms with E-state index in [1.54, 1.807) is 0 Å². The number of rotatable bonds is 5. The number of para-hydroxylation sites is 1. The third-order valence-corrected chi connectivity index (χ3v) is 2.99. The number of ether oxygens (including phenoxy) is 1. The first-order chi connectivity index (χ1) is 9.35. The minimum absolute atomic E-state index is 0.511. The van der Waals surface area contributed by atoms with Gasteiger partial charge in [0.15, 0.2) is 0 Å². The molecule has 0 aliphatic heterocycles. The average Bonchev–Trinajstić information content (AvgIpc) is 3.24. The van der Waals surface area contributed by atoms with Crippen LogP contribution in [0.2, 0.25) is 0 Å². The van der Waals surface area contributed by atoms with Gasteiger partial charge < -0.3 is 10.1 Å². The van der Waals surface area contributed by atoms with Crippen LogP contribution in [0.25, 0.3) is 0 Å². The van der Waals surface area contributed by atoms with Crippen molar-refractivity contribution in [3.63, 3.8) is 0 Å². The molecule has 4 nitrogen and oxygen atoms in total. The summed E-state index contributed by atoms with van der Waals surface area (Å²) >= 11 is 0. The summed E-state index contributed by atoms with van der Waals surface area (Å²) in [5, 5.41) is 3.23. The first-order valence-electron chi connectivity index (χ1n) is 6.71. The van der Waals surface area contributed by atoms with Crippen LogP contribution in [0, 0.1) is 0 Å². The lowest BCUT2D eigenvalue weighted by Crippen LogP contribution is -2.04. The fourth-order valence-electron chi connectivity index (χ4n) is 1.90. The molecule has 0 radical (unpaired) electrons. The van der Waals surface area contributed by atoms with Gasteiger partial charge in [0.1, 0.15) is 17.4 Å². The highest BCUT2D eigenvalue weighted by molar-refractivity contribution is 5.40. The summed E-state index contributed by atoms with van der Waals surface area (Å²) in [6.45, 7) is 2.89. The van der Waals surface area contributed by atoms with Gasteiger partial charge in [0, 0.05) is 18.5 Å². The molecule has 0 spiro atoms. The minimum atomic E-state index is 0.511. The number of nitrogens with one attached hydrogen (secondary N) is 1. The topological polar surface area (TPSA) is 47.0 Å². The van der Waals surface area contributed by atoms with Crippen LogP contribution in [0.5, 0.6) is 11.6 Å². The second kappa shape index (κ2) is 5.26. The molecule has 98 valence electrons. The monoisotopic (exact) mass is 255 g/mol. The Balaban J connectivity index is 1.86. The molecule has 4 heteroatoms. The van der Waals surface area contributed by atoms with Gasteiger partial charge in [-0.2, -0.15) is 4.98 Å². The van der Waals surface area contributed by atoms with E-state index in [-0.39, 0.29) is 0 Å². The van der Waals surface area contributed by atoms with Crippen LogP contribution in [-0.2, 0) is 0 Å². The van der Waals surface area contributed by atoms with Crippen LogP contribution in [0.1, 0.15) is 31.5 Å². The Labute approximate surface area is 112 Å². The molecular weight excluding hydrogens is 238 g/mol. The lowest BCUT2D eigenvalue weighted by Gasteiger charge is -2.09. The summed E-state index contributed by atoms with van der Waals surface area (Å²) in [5.74, 6) is 3.65. The van der Waals surface area contributed by atoms with Crippen LogP contribution in [0.15, 0.2) is 36.4 Å². The van der Waals surface area contributed by atoms with Crippen molar-refractivity contribution in [1.82, 2.24) is 9.97 Å². The molecule has 1 saturated carbocycles. The molecule has 19 heavy (non-hydrogen) atoms. The lowest BCUT2D eigenvalue weighted by molar-refractivity contribution is 0.459. The Morgan fingerprint density at radius 2 is 2.00 bits per heavy atom. The summed E-state index contributed by atoms with van der Waals surface area (Å²) in [6, 6.07) is 11.6. The molecule has 0 amide bonds. The van der Waals surface area contributed by atoms with Gasteiger partial charge in [-0.1, -0.05) is 18.2 Å². The van der Waals surface area contributed by atoms with Gasteiger partial charge in [0.25, 0.3) is 0 Å². The molecule has 1 aromatic carbocycles. The van der Waals surface area contributed by atoms with Crippen LogP contribution in [0.4, 0.5) is 5.82 Å². The van der Waals surface area contributed by atoms with Crippen molar-refractivity contribution in [2.75, 3.05) is 11.9 Å². The first-order valence-corrected chi connectivity index (χ1v) is 6.71. The molecule has 0 atom stereocenters. The molecule has 1 aliphatic carbocycles. The maximum Gasteiger partial charge on any atom is 0.224 e. The molecular formula is C15H17N3O. The highest BCUT2D eigenvalue weighted by Gasteiger charge is 2.27. The van der Waals surface area contributed by atoms with Crippen molar-refractivity contribution in [1.29, 1.82) is 0 Å². The predicted molar refractivity (Wildman–Crippen MR) is 74.7 cm³/mol. The molecule has 1 heterocycles. The van der Waals surface area contributed by atoms with Crippen molar-refractivity contribution in [2.24, 2.45) is 0 Å². The largest absolute Gasteiger partial charge is 0.439 e. The molecule has 1 fully saturated rings. The van der Waals surface area contributed by atoms with Crippen molar-refractivity contribution >= 4 is 5.82 Å². The summed E-state index contributed by atoms with van der Waals surface area (Å²) in [4.78, 5) is 9.02. The van der Waals surface area contributed by atoms with E-state index < -0.39 is 0 Å². The third-order valence-electron chi connectivity index (χ3n) is 2.99. The van der Waals surface area contributed by atoms with Gasteiger partial charge in [-0.25, -0.2) is 4.98 Å². The lowest BCUT2D eigenvalue weighted by atomic mass is 10.3. The second-order valence-corrected chi connectivity index (χ2v) is 4.67. The SMILES string of the molecule is CCNc1cc(Oc2ccccc2)nc(C2CC2)n1. The van der Waals surface area contributed by atoms with Crippen LogP contribution in [0.3, 0.4) is 0 Å². The van der Waals surface area contributed by atoms with E-state index in [4.69, 9.17) is 4.74 Å². The van der Waals surface area contributed by atoms with E-state index in [2.05, 4.69) is 22.2 Å². The highest BCUT2D eigenvalue weighted by Crippen LogP contribution is 2.39. The van der Waals surface area contributed by atoms with E-state index in [9.17, 15) is 0 Å². The fourth-order valence-corrected chi connectivity index (χ4v) is 1.90. The number of hydrogen-bond acceptors (Lipinski definition) is 4. The standard InChI is InChI=1S/C15H17N3O/c1-2-16-13-10-14(18-15(17-13)11-8-9-11)19-12-6-4-3-5-7-12/h3-7,10-11H,2,8-9H2,1H3,(H,16,17,18). The Kier molecular flexibility index (Phi) is 3.31. The quantitative estimate of drug-likeness (QED) is 0.887. The molecule has 1 aromatic heterocycles. The number of benzene rings is 1. The van der Waals surface area contributed by atoms with E-state index >= 15 is 0 Å². The maximum absolute atomic E-state index is 5.79. The number of nitrogens with zero attached hydrogens (tertiary/aromatic N) is 2. The fraction of sp³-hybridized carbons (Fsp3) is 0.333. The smallest absolute Gasteiger partial charge is 0.224 e. The molecule has 3 rings (SSSR count). The summed E-state index contributed by atoms with van der Waals surface area (Å²) in [6.07, 6.45) is 2.36. The van der Waals surface area contributed by atoms with E-state index in [0.29, 0.717) is 11.8 Å². The molecule has 0 saturated heterocycles.